The highest BCUT2D eigenvalue weighted by Crippen LogP contribution is 2.53. The molecule has 1 aromatic carbocycles. The Hall–Kier alpha value is -1.01. The molecule has 4 nitrogen and oxygen atoms in total. The van der Waals surface area contributed by atoms with Gasteiger partial charge in [0, 0.05) is 18.3 Å². The van der Waals surface area contributed by atoms with Gasteiger partial charge in [0.15, 0.2) is 18.4 Å². The lowest BCUT2D eigenvalue weighted by molar-refractivity contribution is -0.371. The zero-order valence-corrected chi connectivity index (χ0v) is 16.4. The summed E-state index contributed by atoms with van der Waals surface area (Å²) in [5, 5.41) is 10.6. The third kappa shape index (κ3) is 3.93. The standard InChI is InChI=1S/C22H31FO4/c1-13-4-9-18-14(2)20(25-12-15-5-7-16(23)8-6-15)26-21-19(18)17(13)10-11-22(3,24)27-21/h5-8,13-14,17-21,24H,4,9-12H2,1-3H3/t13-,14-,17?,18?,19?,20?,21-,22?/m1/s1. The van der Waals surface area contributed by atoms with Gasteiger partial charge in [-0.15, -0.1) is 0 Å². The summed E-state index contributed by atoms with van der Waals surface area (Å²) in [4.78, 5) is 0. The van der Waals surface area contributed by atoms with E-state index in [4.69, 9.17) is 14.2 Å². The molecule has 0 bridgehead atoms. The number of hydrogen-bond acceptors (Lipinski definition) is 4. The third-order valence-electron chi connectivity index (χ3n) is 7.00. The Bertz CT molecular complexity index is 646. The first-order valence-corrected chi connectivity index (χ1v) is 10.3. The molecule has 5 unspecified atom stereocenters. The topological polar surface area (TPSA) is 47.9 Å². The molecule has 3 fully saturated rings. The van der Waals surface area contributed by atoms with Gasteiger partial charge in [-0.05, 0) is 55.2 Å². The van der Waals surface area contributed by atoms with Crippen molar-refractivity contribution in [3.8, 4) is 0 Å². The molecule has 2 aliphatic heterocycles. The summed E-state index contributed by atoms with van der Waals surface area (Å²) >= 11 is 0. The van der Waals surface area contributed by atoms with Gasteiger partial charge in [-0.25, -0.2) is 4.39 Å². The molecule has 150 valence electrons. The minimum absolute atomic E-state index is 0.250. The fourth-order valence-electron chi connectivity index (χ4n) is 5.40. The van der Waals surface area contributed by atoms with Crippen LogP contribution in [0.25, 0.3) is 0 Å². The number of ether oxygens (including phenoxy) is 3. The molecule has 0 radical (unpaired) electrons. The van der Waals surface area contributed by atoms with Gasteiger partial charge in [-0.2, -0.15) is 0 Å². The second-order valence-corrected chi connectivity index (χ2v) is 8.96. The number of rotatable bonds is 3. The molecule has 1 saturated carbocycles. The Morgan fingerprint density at radius 1 is 1.15 bits per heavy atom. The summed E-state index contributed by atoms with van der Waals surface area (Å²) in [7, 11) is 0. The predicted octanol–water partition coefficient (Wildman–Crippen LogP) is 4.46. The lowest BCUT2D eigenvalue weighted by atomic mass is 9.61. The summed E-state index contributed by atoms with van der Waals surface area (Å²) < 4.78 is 31.5. The Labute approximate surface area is 161 Å². The van der Waals surface area contributed by atoms with Crippen LogP contribution < -0.4 is 0 Å². The van der Waals surface area contributed by atoms with Crippen molar-refractivity contribution in [2.24, 2.45) is 29.6 Å². The van der Waals surface area contributed by atoms with Crippen molar-refractivity contribution in [1.29, 1.82) is 0 Å². The molecule has 1 aromatic rings. The van der Waals surface area contributed by atoms with Crippen molar-refractivity contribution in [2.75, 3.05) is 0 Å². The largest absolute Gasteiger partial charge is 0.366 e. The molecule has 1 aliphatic carbocycles. The normalized spacial score (nSPS) is 44.4. The van der Waals surface area contributed by atoms with E-state index in [0.29, 0.717) is 36.7 Å². The first-order chi connectivity index (χ1) is 12.8. The highest BCUT2D eigenvalue weighted by Gasteiger charge is 2.54. The van der Waals surface area contributed by atoms with E-state index in [0.717, 1.165) is 18.4 Å². The highest BCUT2D eigenvalue weighted by atomic mass is 19.1. The maximum Gasteiger partial charge on any atom is 0.167 e. The van der Waals surface area contributed by atoms with Crippen LogP contribution in [-0.2, 0) is 20.8 Å². The molecule has 2 heterocycles. The van der Waals surface area contributed by atoms with Gasteiger partial charge in [0.1, 0.15) is 5.82 Å². The maximum absolute atomic E-state index is 13.1. The van der Waals surface area contributed by atoms with E-state index < -0.39 is 12.1 Å². The maximum atomic E-state index is 13.1. The molecule has 5 heteroatoms. The van der Waals surface area contributed by atoms with Crippen molar-refractivity contribution in [3.05, 3.63) is 35.6 Å². The lowest BCUT2D eigenvalue weighted by Gasteiger charge is -2.52. The highest BCUT2D eigenvalue weighted by molar-refractivity contribution is 5.15. The fourth-order valence-corrected chi connectivity index (χ4v) is 5.40. The molecule has 27 heavy (non-hydrogen) atoms. The Morgan fingerprint density at radius 2 is 1.89 bits per heavy atom. The van der Waals surface area contributed by atoms with Crippen LogP contribution in [0.5, 0.6) is 0 Å². The predicted molar refractivity (Wildman–Crippen MR) is 98.8 cm³/mol. The van der Waals surface area contributed by atoms with Gasteiger partial charge >= 0.3 is 0 Å². The molecule has 1 N–H and O–H groups in total. The molecule has 0 spiro atoms. The number of hydrogen-bond donors (Lipinski definition) is 1. The summed E-state index contributed by atoms with van der Waals surface area (Å²) in [5.41, 5.74) is 0.915. The van der Waals surface area contributed by atoms with Crippen LogP contribution in [0.2, 0.25) is 0 Å². The number of aliphatic hydroxyl groups is 1. The van der Waals surface area contributed by atoms with Crippen molar-refractivity contribution in [2.45, 2.75) is 71.4 Å². The summed E-state index contributed by atoms with van der Waals surface area (Å²) in [5.74, 6) is 0.769. The first-order valence-electron chi connectivity index (χ1n) is 10.3. The summed E-state index contributed by atoms with van der Waals surface area (Å²) in [6, 6.07) is 6.35. The van der Waals surface area contributed by atoms with Crippen LogP contribution in [0, 0.1) is 35.4 Å². The third-order valence-corrected chi connectivity index (χ3v) is 7.00. The quantitative estimate of drug-likeness (QED) is 0.844. The smallest absolute Gasteiger partial charge is 0.167 e. The lowest BCUT2D eigenvalue weighted by Crippen LogP contribution is -2.54. The zero-order chi connectivity index (χ0) is 19.2. The summed E-state index contributed by atoms with van der Waals surface area (Å²) in [6.07, 6.45) is 3.14. The number of benzene rings is 1. The molecule has 4 rings (SSSR count). The van der Waals surface area contributed by atoms with Crippen molar-refractivity contribution < 1.29 is 23.7 Å². The Balaban J connectivity index is 1.51. The second kappa shape index (κ2) is 7.43. The van der Waals surface area contributed by atoms with Gasteiger partial charge in [-0.1, -0.05) is 32.4 Å². The minimum Gasteiger partial charge on any atom is -0.366 e. The molecule has 8 atom stereocenters. The zero-order valence-electron chi connectivity index (χ0n) is 16.4. The van der Waals surface area contributed by atoms with Crippen molar-refractivity contribution >= 4 is 0 Å². The van der Waals surface area contributed by atoms with E-state index in [1.165, 1.54) is 18.6 Å². The van der Waals surface area contributed by atoms with E-state index in [-0.39, 0.29) is 18.0 Å². The van der Waals surface area contributed by atoms with E-state index in [1.54, 1.807) is 19.1 Å². The Kier molecular flexibility index (Phi) is 5.32. The first kappa shape index (κ1) is 19.3. The Morgan fingerprint density at radius 3 is 2.63 bits per heavy atom. The molecular weight excluding hydrogens is 347 g/mol. The van der Waals surface area contributed by atoms with E-state index >= 15 is 0 Å². The van der Waals surface area contributed by atoms with Crippen LogP contribution in [-0.4, -0.2) is 23.5 Å². The van der Waals surface area contributed by atoms with Gasteiger partial charge in [0.05, 0.1) is 6.61 Å². The summed E-state index contributed by atoms with van der Waals surface area (Å²) in [6.45, 7) is 6.63. The molecule has 0 aromatic heterocycles. The average Bonchev–Trinajstić information content (AvgIpc) is 2.76. The van der Waals surface area contributed by atoms with Crippen LogP contribution in [0.15, 0.2) is 24.3 Å². The second-order valence-electron chi connectivity index (χ2n) is 8.96. The van der Waals surface area contributed by atoms with Crippen LogP contribution in [0.4, 0.5) is 4.39 Å². The van der Waals surface area contributed by atoms with Crippen LogP contribution in [0.1, 0.15) is 52.0 Å². The molecule has 3 aliphatic rings. The molecule has 2 saturated heterocycles. The van der Waals surface area contributed by atoms with Crippen LogP contribution >= 0.6 is 0 Å². The monoisotopic (exact) mass is 378 g/mol. The van der Waals surface area contributed by atoms with E-state index in [9.17, 15) is 9.50 Å². The van der Waals surface area contributed by atoms with Crippen LogP contribution in [0.3, 0.4) is 0 Å². The fraction of sp³-hybridized carbons (Fsp3) is 0.727. The van der Waals surface area contributed by atoms with Gasteiger partial charge in [0.25, 0.3) is 0 Å². The van der Waals surface area contributed by atoms with Gasteiger partial charge < -0.3 is 19.3 Å². The molecule has 0 amide bonds. The number of halogens is 1. The van der Waals surface area contributed by atoms with Gasteiger partial charge in [-0.3, -0.25) is 0 Å². The molecular formula is C22H31FO4. The van der Waals surface area contributed by atoms with Gasteiger partial charge in [0.2, 0.25) is 0 Å². The SMILES string of the molecule is C[C@H]1C(OCc2ccc(F)cc2)O[C@@H]2OC(C)(O)CCC3C2C1CC[C@H]3C. The average molecular weight is 378 g/mol. The van der Waals surface area contributed by atoms with Crippen molar-refractivity contribution in [1.82, 2.24) is 0 Å². The van der Waals surface area contributed by atoms with Crippen molar-refractivity contribution in [3.63, 3.8) is 0 Å². The minimum atomic E-state index is -1.16. The van der Waals surface area contributed by atoms with E-state index in [2.05, 4.69) is 13.8 Å². The van der Waals surface area contributed by atoms with E-state index in [1.807, 2.05) is 0 Å².